The van der Waals surface area contributed by atoms with Crippen LogP contribution in [-0.2, 0) is 19.5 Å². The smallest absolute Gasteiger partial charge is 0.205 e. The van der Waals surface area contributed by atoms with E-state index in [1.54, 1.807) is 28.8 Å². The van der Waals surface area contributed by atoms with Crippen molar-refractivity contribution in [1.82, 2.24) is 30.2 Å². The van der Waals surface area contributed by atoms with E-state index in [1.807, 2.05) is 6.92 Å². The van der Waals surface area contributed by atoms with Crippen molar-refractivity contribution in [2.75, 3.05) is 0 Å². The van der Waals surface area contributed by atoms with Gasteiger partial charge in [0.05, 0.1) is 24.3 Å². The second-order valence-electron chi connectivity index (χ2n) is 6.98. The van der Waals surface area contributed by atoms with E-state index in [4.69, 9.17) is 22.6 Å². The molecule has 9 nitrogen and oxygen atoms in total. The van der Waals surface area contributed by atoms with E-state index in [2.05, 4.69) is 35.6 Å². The number of azide groups is 1. The molecule has 0 atom stereocenters. The van der Waals surface area contributed by atoms with Gasteiger partial charge in [-0.15, -0.1) is 10.2 Å². The van der Waals surface area contributed by atoms with Gasteiger partial charge in [0.2, 0.25) is 5.82 Å². The number of H-pyrrole nitrogens is 1. The quantitative estimate of drug-likeness (QED) is 0.202. The minimum Gasteiger partial charge on any atom is -0.314 e. The number of rotatable bonds is 9. The van der Waals surface area contributed by atoms with E-state index >= 15 is 0 Å². The van der Waals surface area contributed by atoms with Crippen molar-refractivity contribution < 1.29 is 5.48 Å². The van der Waals surface area contributed by atoms with Crippen LogP contribution in [0.15, 0.2) is 53.5 Å². The SMILES string of the molecule is [2H]c1c([2H])c(-c2ccccc2-c2nn[nH]n2)c([2H])c([2H])c1Cn1c(CCCC)nc(CN=[N+]=[N-])c1Cl. The second kappa shape index (κ2) is 10.1. The van der Waals surface area contributed by atoms with Gasteiger partial charge in [0.15, 0.2) is 0 Å². The molecule has 0 saturated heterocycles. The van der Waals surface area contributed by atoms with Crippen molar-refractivity contribution in [3.63, 3.8) is 0 Å². The summed E-state index contributed by atoms with van der Waals surface area (Å²) in [7, 11) is 0. The first-order valence-corrected chi connectivity index (χ1v) is 10.4. The molecule has 4 aromatic rings. The van der Waals surface area contributed by atoms with Crippen molar-refractivity contribution in [2.24, 2.45) is 5.11 Å². The maximum atomic E-state index is 8.75. The Morgan fingerprint density at radius 3 is 2.69 bits per heavy atom. The molecule has 32 heavy (non-hydrogen) atoms. The van der Waals surface area contributed by atoms with Crippen molar-refractivity contribution in [3.8, 4) is 22.5 Å². The largest absolute Gasteiger partial charge is 0.314 e. The number of halogens is 1. The first-order chi connectivity index (χ1) is 17.4. The first-order valence-electron chi connectivity index (χ1n) is 12.1. The number of nitrogens with one attached hydrogen (secondary N) is 1. The molecule has 0 aliphatic rings. The molecule has 0 aliphatic carbocycles. The fourth-order valence-electron chi connectivity index (χ4n) is 3.30. The third-order valence-electron chi connectivity index (χ3n) is 4.86. The van der Waals surface area contributed by atoms with Crippen molar-refractivity contribution >= 4 is 11.6 Å². The number of aromatic amines is 1. The zero-order chi connectivity index (χ0) is 25.8. The molecule has 2 aromatic heterocycles. The van der Waals surface area contributed by atoms with Crippen LogP contribution in [-0.4, -0.2) is 30.2 Å². The van der Waals surface area contributed by atoms with Crippen LogP contribution in [0.1, 0.15) is 42.3 Å². The molecule has 1 N–H and O–H groups in total. The molecular formula is C22H22ClN9. The maximum absolute atomic E-state index is 8.75. The average Bonchev–Trinajstić information content (AvgIpc) is 3.52. The topological polar surface area (TPSA) is 121 Å². The summed E-state index contributed by atoms with van der Waals surface area (Å²) in [6.07, 6.45) is 2.37. The highest BCUT2D eigenvalue weighted by molar-refractivity contribution is 6.30. The van der Waals surface area contributed by atoms with Gasteiger partial charge in [-0.05, 0) is 33.9 Å². The lowest BCUT2D eigenvalue weighted by Crippen LogP contribution is -2.05. The Hall–Kier alpha value is -3.68. The fourth-order valence-corrected chi connectivity index (χ4v) is 3.56. The van der Waals surface area contributed by atoms with Crippen LogP contribution in [0.3, 0.4) is 0 Å². The van der Waals surface area contributed by atoms with Crippen LogP contribution in [0.5, 0.6) is 0 Å². The Bertz CT molecular complexity index is 1420. The number of benzene rings is 2. The summed E-state index contributed by atoms with van der Waals surface area (Å²) in [6.45, 7) is 2.01. The molecular weight excluding hydrogens is 426 g/mol. The van der Waals surface area contributed by atoms with E-state index in [1.165, 1.54) is 0 Å². The Labute approximate surface area is 195 Å². The molecule has 0 spiro atoms. The van der Waals surface area contributed by atoms with Gasteiger partial charge in [0, 0.05) is 16.9 Å². The monoisotopic (exact) mass is 451 g/mol. The standard InChI is InChI=1S/C22H22ClN9/c1-2-3-8-20-26-19(13-25-29-24)21(23)32(20)14-15-9-11-16(12-10-15)17-6-4-5-7-18(17)22-27-30-31-28-22/h4-7,9-12H,2-3,8,13-14H2,1H3,(H,27,28,30,31)/i9D,10D,11D,12D. The van der Waals surface area contributed by atoms with Crippen LogP contribution in [0.4, 0.5) is 0 Å². The summed E-state index contributed by atoms with van der Waals surface area (Å²) >= 11 is 6.56. The highest BCUT2D eigenvalue weighted by Crippen LogP contribution is 2.30. The lowest BCUT2D eigenvalue weighted by molar-refractivity contribution is 0.678. The molecule has 2 aromatic carbocycles. The van der Waals surface area contributed by atoms with Crippen LogP contribution in [0, 0.1) is 0 Å². The molecule has 0 unspecified atom stereocenters. The number of nitrogens with zero attached hydrogens (tertiary/aromatic N) is 8. The number of imidazole rings is 1. The third-order valence-corrected chi connectivity index (χ3v) is 5.29. The zero-order valence-corrected chi connectivity index (χ0v) is 18.1. The summed E-state index contributed by atoms with van der Waals surface area (Å²) < 4.78 is 36.6. The fraction of sp³-hybridized carbons (Fsp3) is 0.273. The number of hydrogen-bond acceptors (Lipinski definition) is 5. The van der Waals surface area contributed by atoms with E-state index in [0.29, 0.717) is 29.1 Å². The predicted molar refractivity (Wildman–Crippen MR) is 123 cm³/mol. The van der Waals surface area contributed by atoms with Gasteiger partial charge in [-0.2, -0.15) is 5.21 Å². The van der Waals surface area contributed by atoms with Crippen molar-refractivity contribution in [2.45, 2.75) is 39.3 Å². The van der Waals surface area contributed by atoms with E-state index in [-0.39, 0.29) is 59.4 Å². The van der Waals surface area contributed by atoms with Gasteiger partial charge in [-0.3, -0.25) is 0 Å². The molecule has 0 aliphatic heterocycles. The van der Waals surface area contributed by atoms with E-state index in [0.717, 1.165) is 12.8 Å². The Kier molecular flexibility index (Phi) is 5.34. The Morgan fingerprint density at radius 1 is 1.22 bits per heavy atom. The third kappa shape index (κ3) is 4.64. The van der Waals surface area contributed by atoms with Gasteiger partial charge in [0.25, 0.3) is 0 Å². The number of tetrazole rings is 1. The van der Waals surface area contributed by atoms with Crippen LogP contribution < -0.4 is 0 Å². The average molecular weight is 452 g/mol. The molecule has 10 heteroatoms. The molecule has 0 fully saturated rings. The summed E-state index contributed by atoms with van der Waals surface area (Å²) in [5.41, 5.74) is 10.4. The van der Waals surface area contributed by atoms with Gasteiger partial charge in [-0.25, -0.2) is 4.98 Å². The summed E-state index contributed by atoms with van der Waals surface area (Å²) in [6, 6.07) is 6.20. The van der Waals surface area contributed by atoms with Gasteiger partial charge < -0.3 is 4.57 Å². The minimum atomic E-state index is -0.192. The highest BCUT2D eigenvalue weighted by Gasteiger charge is 2.16. The number of unbranched alkanes of at least 4 members (excludes halogenated alkanes) is 1. The lowest BCUT2D eigenvalue weighted by atomic mass is 9.98. The normalized spacial score (nSPS) is 12.6. The number of aryl methyl sites for hydroxylation is 1. The predicted octanol–water partition coefficient (Wildman–Crippen LogP) is 5.58. The lowest BCUT2D eigenvalue weighted by Gasteiger charge is -2.11. The number of aromatic nitrogens is 6. The minimum absolute atomic E-state index is 0.0106. The van der Waals surface area contributed by atoms with E-state index in [9.17, 15) is 0 Å². The molecule has 0 amide bonds. The first kappa shape index (κ1) is 16.9. The molecule has 4 rings (SSSR count). The summed E-state index contributed by atoms with van der Waals surface area (Å²) in [5.74, 6) is 0.915. The molecule has 0 saturated carbocycles. The van der Waals surface area contributed by atoms with Crippen LogP contribution >= 0.6 is 11.6 Å². The van der Waals surface area contributed by atoms with Gasteiger partial charge >= 0.3 is 0 Å². The van der Waals surface area contributed by atoms with Crippen molar-refractivity contribution in [3.05, 3.63) is 81.1 Å². The summed E-state index contributed by atoms with van der Waals surface area (Å²) in [4.78, 5) is 7.28. The summed E-state index contributed by atoms with van der Waals surface area (Å²) in [5, 5.41) is 17.8. The number of hydrogen-bond donors (Lipinski definition) is 1. The van der Waals surface area contributed by atoms with Crippen LogP contribution in [0.2, 0.25) is 5.15 Å². The van der Waals surface area contributed by atoms with Crippen molar-refractivity contribution in [1.29, 1.82) is 0 Å². The highest BCUT2D eigenvalue weighted by atomic mass is 35.5. The van der Waals surface area contributed by atoms with Gasteiger partial charge in [-0.1, -0.05) is 78.5 Å². The van der Waals surface area contributed by atoms with E-state index < -0.39 is 0 Å². The molecule has 0 bridgehead atoms. The van der Waals surface area contributed by atoms with Crippen LogP contribution in [0.25, 0.3) is 33.0 Å². The zero-order valence-electron chi connectivity index (χ0n) is 21.3. The Morgan fingerprint density at radius 2 is 2.00 bits per heavy atom. The molecule has 2 heterocycles. The van der Waals surface area contributed by atoms with Gasteiger partial charge in [0.1, 0.15) is 11.0 Å². The maximum Gasteiger partial charge on any atom is 0.205 e. The molecule has 162 valence electrons. The second-order valence-corrected chi connectivity index (χ2v) is 7.34. The Balaban J connectivity index is 1.83. The molecule has 0 radical (unpaired) electrons.